The number of nitrogens with zero attached hydrogens (tertiary/aromatic N) is 4. The molecule has 1 aromatic rings. The molecule has 2 rings (SSSR count). The molecule has 0 aliphatic carbocycles. The fraction of sp³-hybridized carbons (Fsp3) is 0.500. The molecule has 0 unspecified atom stereocenters. The third kappa shape index (κ3) is 4.34. The van der Waals surface area contributed by atoms with E-state index in [1.165, 1.54) is 24.1 Å². The van der Waals surface area contributed by atoms with Crippen molar-refractivity contribution < 1.29 is 22.8 Å². The second kappa shape index (κ2) is 7.20. The first kappa shape index (κ1) is 18.9. The van der Waals surface area contributed by atoms with Gasteiger partial charge in [0.1, 0.15) is 0 Å². The van der Waals surface area contributed by atoms with E-state index < -0.39 is 17.8 Å². The average Bonchev–Trinajstić information content (AvgIpc) is 2.59. The van der Waals surface area contributed by atoms with Crippen LogP contribution in [0, 0.1) is 0 Å². The van der Waals surface area contributed by atoms with E-state index in [1.807, 2.05) is 4.90 Å². The van der Waals surface area contributed by atoms with Crippen LogP contribution in [0.2, 0.25) is 0 Å². The number of benzene rings is 1. The van der Waals surface area contributed by atoms with Crippen molar-refractivity contribution in [2.75, 3.05) is 52.2 Å². The summed E-state index contributed by atoms with van der Waals surface area (Å²) >= 11 is 0. The summed E-state index contributed by atoms with van der Waals surface area (Å²) < 4.78 is 37.8. The Hall–Kier alpha value is -2.45. The Kier molecular flexibility index (Phi) is 5.44. The van der Waals surface area contributed by atoms with Crippen molar-refractivity contribution in [2.45, 2.75) is 6.18 Å². The number of anilines is 1. The van der Waals surface area contributed by atoms with Gasteiger partial charge in [0, 0.05) is 53.0 Å². The lowest BCUT2D eigenvalue weighted by atomic mass is 10.1. The Balaban J connectivity index is 1.95. The number of hydrogen-bond donors (Lipinski definition) is 0. The highest BCUT2D eigenvalue weighted by Gasteiger charge is 2.31. The van der Waals surface area contributed by atoms with E-state index in [2.05, 4.69) is 0 Å². The van der Waals surface area contributed by atoms with Crippen molar-refractivity contribution in [3.05, 3.63) is 29.8 Å². The van der Waals surface area contributed by atoms with Gasteiger partial charge in [-0.05, 0) is 24.3 Å². The van der Waals surface area contributed by atoms with E-state index in [9.17, 15) is 22.8 Å². The molecule has 6 nitrogen and oxygen atoms in total. The fourth-order valence-electron chi connectivity index (χ4n) is 2.61. The quantitative estimate of drug-likeness (QED) is 0.775. The Morgan fingerprint density at radius 1 is 0.960 bits per heavy atom. The molecule has 1 aliphatic rings. The topological polar surface area (TPSA) is 47.1 Å². The molecule has 9 heteroatoms. The molecule has 1 heterocycles. The number of carbonyl (C=O) groups excluding carboxylic acids is 2. The molecule has 0 spiro atoms. The normalized spacial score (nSPS) is 15.1. The summed E-state index contributed by atoms with van der Waals surface area (Å²) in [5.74, 6) is 0. The van der Waals surface area contributed by atoms with Crippen molar-refractivity contribution in [3.8, 4) is 0 Å². The minimum Gasteiger partial charge on any atom is -0.368 e. The number of imide groups is 1. The molecule has 0 N–H and O–H groups in total. The maximum absolute atomic E-state index is 12.6. The van der Waals surface area contributed by atoms with Crippen molar-refractivity contribution in [2.24, 2.45) is 0 Å². The fourth-order valence-corrected chi connectivity index (χ4v) is 2.61. The highest BCUT2D eigenvalue weighted by atomic mass is 19.4. The van der Waals surface area contributed by atoms with Crippen LogP contribution in [0.15, 0.2) is 24.3 Å². The van der Waals surface area contributed by atoms with E-state index in [1.54, 1.807) is 19.0 Å². The minimum atomic E-state index is -4.35. The van der Waals surface area contributed by atoms with Crippen LogP contribution in [0.25, 0.3) is 0 Å². The number of amides is 4. The molecule has 25 heavy (non-hydrogen) atoms. The maximum atomic E-state index is 12.6. The highest BCUT2D eigenvalue weighted by molar-refractivity contribution is 5.93. The average molecular weight is 358 g/mol. The first-order valence-corrected chi connectivity index (χ1v) is 7.77. The van der Waals surface area contributed by atoms with Gasteiger partial charge in [0.05, 0.1) is 5.56 Å². The summed E-state index contributed by atoms with van der Waals surface area (Å²) in [6.07, 6.45) is -4.35. The Morgan fingerprint density at radius 2 is 1.48 bits per heavy atom. The highest BCUT2D eigenvalue weighted by Crippen LogP contribution is 2.30. The lowest BCUT2D eigenvalue weighted by molar-refractivity contribution is -0.137. The SMILES string of the molecule is CN(C)C(=O)N(C)C(=O)N1CCN(c2ccc(C(F)(F)F)cc2)CC1. The second-order valence-electron chi connectivity index (χ2n) is 6.04. The van der Waals surface area contributed by atoms with Crippen molar-refractivity contribution >= 4 is 17.7 Å². The maximum Gasteiger partial charge on any atom is 0.416 e. The molecule has 138 valence electrons. The third-order valence-corrected chi connectivity index (χ3v) is 4.07. The smallest absolute Gasteiger partial charge is 0.368 e. The first-order valence-electron chi connectivity index (χ1n) is 7.77. The van der Waals surface area contributed by atoms with Crippen LogP contribution in [-0.2, 0) is 6.18 Å². The summed E-state index contributed by atoms with van der Waals surface area (Å²) in [7, 11) is 4.55. The lowest BCUT2D eigenvalue weighted by Gasteiger charge is -2.37. The zero-order chi connectivity index (χ0) is 18.8. The molecule has 0 aromatic heterocycles. The molecule has 0 saturated carbocycles. The predicted molar refractivity (Wildman–Crippen MR) is 87.5 cm³/mol. The van der Waals surface area contributed by atoms with Gasteiger partial charge >= 0.3 is 18.2 Å². The number of rotatable bonds is 1. The van der Waals surface area contributed by atoms with Gasteiger partial charge in [-0.15, -0.1) is 0 Å². The standard InChI is InChI=1S/C16H21F3N4O2/c1-20(2)14(24)21(3)15(25)23-10-8-22(9-11-23)13-6-4-12(5-7-13)16(17,18)19/h4-7H,8-11H2,1-3H3. The van der Waals surface area contributed by atoms with Crippen molar-refractivity contribution in [1.82, 2.24) is 14.7 Å². The van der Waals surface area contributed by atoms with Crippen LogP contribution in [0.5, 0.6) is 0 Å². The minimum absolute atomic E-state index is 0.384. The van der Waals surface area contributed by atoms with Gasteiger partial charge in [0.15, 0.2) is 0 Å². The van der Waals surface area contributed by atoms with E-state index in [4.69, 9.17) is 0 Å². The summed E-state index contributed by atoms with van der Waals surface area (Å²) in [5, 5.41) is 0. The van der Waals surface area contributed by atoms with Gasteiger partial charge in [-0.3, -0.25) is 0 Å². The number of piperazine rings is 1. The Bertz CT molecular complexity index is 623. The van der Waals surface area contributed by atoms with Crippen LogP contribution in [0.4, 0.5) is 28.4 Å². The number of carbonyl (C=O) groups is 2. The zero-order valence-corrected chi connectivity index (χ0v) is 14.4. The summed E-state index contributed by atoms with van der Waals surface area (Å²) in [4.78, 5) is 30.0. The first-order chi connectivity index (χ1) is 11.6. The van der Waals surface area contributed by atoms with Gasteiger partial charge in [0.25, 0.3) is 0 Å². The van der Waals surface area contributed by atoms with Crippen molar-refractivity contribution in [1.29, 1.82) is 0 Å². The Morgan fingerprint density at radius 3 is 1.92 bits per heavy atom. The van der Waals surface area contributed by atoms with Crippen LogP contribution < -0.4 is 4.90 Å². The van der Waals surface area contributed by atoms with E-state index in [-0.39, 0.29) is 6.03 Å². The summed E-state index contributed by atoms with van der Waals surface area (Å²) in [5.41, 5.74) is -0.00768. The zero-order valence-electron chi connectivity index (χ0n) is 14.4. The van der Waals surface area contributed by atoms with Crippen molar-refractivity contribution in [3.63, 3.8) is 0 Å². The molecule has 1 aromatic carbocycles. The summed E-state index contributed by atoms with van der Waals surface area (Å²) in [6.45, 7) is 1.76. The molecule has 0 radical (unpaired) electrons. The van der Waals surface area contributed by atoms with Gasteiger partial charge in [0.2, 0.25) is 0 Å². The van der Waals surface area contributed by atoms with Gasteiger partial charge < -0.3 is 14.7 Å². The van der Waals surface area contributed by atoms with Crippen LogP contribution in [0.1, 0.15) is 5.56 Å². The van der Waals surface area contributed by atoms with Crippen LogP contribution in [-0.4, -0.2) is 74.1 Å². The second-order valence-corrected chi connectivity index (χ2v) is 6.04. The molecule has 1 saturated heterocycles. The van der Waals surface area contributed by atoms with E-state index >= 15 is 0 Å². The molecular weight excluding hydrogens is 337 g/mol. The largest absolute Gasteiger partial charge is 0.416 e. The molecular formula is C16H21F3N4O2. The van der Waals surface area contributed by atoms with Gasteiger partial charge in [-0.2, -0.15) is 13.2 Å². The number of hydrogen-bond acceptors (Lipinski definition) is 3. The summed E-state index contributed by atoms with van der Waals surface area (Å²) in [6, 6.07) is 4.18. The van der Waals surface area contributed by atoms with Gasteiger partial charge in [-0.1, -0.05) is 0 Å². The Labute approximate surface area is 144 Å². The van der Waals surface area contributed by atoms with Gasteiger partial charge in [-0.25, -0.2) is 14.5 Å². The number of alkyl halides is 3. The molecule has 0 bridgehead atoms. The van der Waals surface area contributed by atoms with Crippen LogP contribution >= 0.6 is 0 Å². The predicted octanol–water partition coefficient (Wildman–Crippen LogP) is 2.56. The molecule has 4 amide bonds. The number of halogens is 3. The molecule has 1 fully saturated rings. The monoisotopic (exact) mass is 358 g/mol. The van der Waals surface area contributed by atoms with Crippen LogP contribution in [0.3, 0.4) is 0 Å². The van der Waals surface area contributed by atoms with E-state index in [0.29, 0.717) is 31.9 Å². The molecule has 0 atom stereocenters. The molecule has 1 aliphatic heterocycles. The van der Waals surface area contributed by atoms with E-state index in [0.717, 1.165) is 17.0 Å². The number of urea groups is 2. The third-order valence-electron chi connectivity index (χ3n) is 4.07. The lowest BCUT2D eigenvalue weighted by Crippen LogP contribution is -2.54.